The van der Waals surface area contributed by atoms with Crippen molar-refractivity contribution in [1.29, 1.82) is 0 Å². The van der Waals surface area contributed by atoms with Gasteiger partial charge in [0.15, 0.2) is 0 Å². The van der Waals surface area contributed by atoms with Gasteiger partial charge in [-0.05, 0) is 52.5 Å². The monoisotopic (exact) mass is 564 g/mol. The van der Waals surface area contributed by atoms with Gasteiger partial charge in [-0.25, -0.2) is 0 Å². The van der Waals surface area contributed by atoms with Crippen molar-refractivity contribution in [1.82, 2.24) is 4.90 Å². The zero-order valence-corrected chi connectivity index (χ0v) is 22.8. The molecule has 0 aliphatic heterocycles. The fourth-order valence-corrected chi connectivity index (χ4v) is 4.63. The SMILES string of the molecule is CC(CN(CCCOc1cccc(CC(=O)N=O)c1)Cc1cccc(C(F)(F)F)c1Cl)c1ccc(P)cc1. The molecule has 2 unspecified atom stereocenters. The molecule has 10 heteroatoms. The van der Waals surface area contributed by atoms with E-state index in [0.29, 0.717) is 43.0 Å². The second-order valence-electron chi connectivity index (χ2n) is 9.09. The average Bonchev–Trinajstić information content (AvgIpc) is 2.87. The van der Waals surface area contributed by atoms with E-state index < -0.39 is 17.6 Å². The summed E-state index contributed by atoms with van der Waals surface area (Å²) >= 11 is 6.19. The summed E-state index contributed by atoms with van der Waals surface area (Å²) in [6.07, 6.45) is -4.02. The molecule has 0 aliphatic carbocycles. The molecule has 3 aromatic rings. The van der Waals surface area contributed by atoms with Gasteiger partial charge in [-0.2, -0.15) is 13.2 Å². The Labute approximate surface area is 227 Å². The van der Waals surface area contributed by atoms with Crippen LogP contribution in [-0.4, -0.2) is 30.5 Å². The number of benzene rings is 3. The Hall–Kier alpha value is -2.80. The van der Waals surface area contributed by atoms with E-state index in [1.54, 1.807) is 30.3 Å². The highest BCUT2D eigenvalue weighted by Gasteiger charge is 2.34. The molecule has 0 heterocycles. The van der Waals surface area contributed by atoms with Crippen LogP contribution in [0.3, 0.4) is 0 Å². The van der Waals surface area contributed by atoms with Gasteiger partial charge in [-0.3, -0.25) is 9.69 Å². The van der Waals surface area contributed by atoms with E-state index in [2.05, 4.69) is 26.2 Å². The Kier molecular flexibility index (Phi) is 10.8. The largest absolute Gasteiger partial charge is 0.494 e. The average molecular weight is 565 g/mol. The van der Waals surface area contributed by atoms with E-state index in [1.807, 2.05) is 24.3 Å². The number of nitrogens with zero attached hydrogens (tertiary/aromatic N) is 2. The summed E-state index contributed by atoms with van der Waals surface area (Å²) in [6, 6.07) is 19.0. The molecule has 3 aromatic carbocycles. The summed E-state index contributed by atoms with van der Waals surface area (Å²) in [5.74, 6) is -0.0706. The molecule has 202 valence electrons. The Morgan fingerprint density at radius 1 is 1.11 bits per heavy atom. The molecule has 0 saturated heterocycles. The number of hydrogen-bond donors (Lipinski definition) is 0. The topological polar surface area (TPSA) is 59.0 Å². The maximum atomic E-state index is 13.4. The number of carbonyl (C=O) groups excluding carboxylic acids is 1. The Bertz CT molecular complexity index is 1240. The molecule has 2 atom stereocenters. The molecule has 0 bridgehead atoms. The van der Waals surface area contributed by atoms with Crippen LogP contribution in [-0.2, 0) is 23.9 Å². The third-order valence-corrected chi connectivity index (χ3v) is 6.89. The smallest absolute Gasteiger partial charge is 0.417 e. The van der Waals surface area contributed by atoms with Crippen LogP contribution >= 0.6 is 20.8 Å². The number of rotatable bonds is 12. The highest BCUT2D eigenvalue weighted by Crippen LogP contribution is 2.36. The second-order valence-corrected chi connectivity index (χ2v) is 10.1. The molecule has 0 fully saturated rings. The maximum Gasteiger partial charge on any atom is 0.417 e. The number of ether oxygens (including phenoxy) is 1. The summed E-state index contributed by atoms with van der Waals surface area (Å²) in [5, 5.41) is 3.20. The lowest BCUT2D eigenvalue weighted by molar-refractivity contribution is -0.137. The minimum atomic E-state index is -4.53. The number of carbonyl (C=O) groups is 1. The lowest BCUT2D eigenvalue weighted by atomic mass is 10.00. The molecule has 3 rings (SSSR count). The first kappa shape index (κ1) is 29.8. The van der Waals surface area contributed by atoms with Crippen LogP contribution in [0.1, 0.15) is 41.5 Å². The van der Waals surface area contributed by atoms with Gasteiger partial charge in [0.1, 0.15) is 5.75 Å². The standard InChI is InChI=1S/C28H29ClF3N2O3P/c1-19(21-9-11-24(38)12-10-21)17-34(18-22-6-3-8-25(27(22)29)28(30,31)32)13-4-14-37-23-7-2-5-20(15-23)16-26(35)33-36/h2-3,5-12,15,19H,4,13-14,16-18,38H2,1H3. The normalized spacial score (nSPS) is 12.4. The van der Waals surface area contributed by atoms with E-state index in [-0.39, 0.29) is 23.9 Å². The van der Waals surface area contributed by atoms with Gasteiger partial charge in [-0.15, -0.1) is 14.1 Å². The quantitative estimate of drug-likeness (QED) is 0.138. The summed E-state index contributed by atoms with van der Waals surface area (Å²) in [7, 11) is 2.65. The van der Waals surface area contributed by atoms with Gasteiger partial charge in [0.05, 0.1) is 23.6 Å². The van der Waals surface area contributed by atoms with E-state index in [1.165, 1.54) is 6.07 Å². The van der Waals surface area contributed by atoms with Gasteiger partial charge < -0.3 is 4.74 Å². The van der Waals surface area contributed by atoms with Gasteiger partial charge in [0.25, 0.3) is 5.91 Å². The maximum absolute atomic E-state index is 13.4. The molecule has 0 aromatic heterocycles. The van der Waals surface area contributed by atoms with E-state index in [0.717, 1.165) is 16.9 Å². The lowest BCUT2D eigenvalue weighted by Gasteiger charge is -2.27. The summed E-state index contributed by atoms with van der Waals surface area (Å²) in [4.78, 5) is 23.7. The van der Waals surface area contributed by atoms with Crippen LogP contribution in [0.15, 0.2) is 71.9 Å². The molecule has 0 spiro atoms. The zero-order valence-electron chi connectivity index (χ0n) is 20.9. The number of hydrogen-bond acceptors (Lipinski definition) is 4. The van der Waals surface area contributed by atoms with Crippen molar-refractivity contribution in [3.8, 4) is 5.75 Å². The van der Waals surface area contributed by atoms with Crippen LogP contribution in [0.25, 0.3) is 0 Å². The first-order valence-corrected chi connectivity index (χ1v) is 13.0. The Morgan fingerprint density at radius 2 is 1.82 bits per heavy atom. The van der Waals surface area contributed by atoms with Crippen molar-refractivity contribution in [3.05, 3.63) is 98.9 Å². The van der Waals surface area contributed by atoms with Crippen LogP contribution in [0.5, 0.6) is 5.75 Å². The minimum Gasteiger partial charge on any atom is -0.494 e. The molecule has 0 radical (unpaired) electrons. The highest BCUT2D eigenvalue weighted by molar-refractivity contribution is 7.27. The van der Waals surface area contributed by atoms with Crippen LogP contribution in [0.4, 0.5) is 13.2 Å². The molecular weight excluding hydrogens is 536 g/mol. The van der Waals surface area contributed by atoms with Crippen molar-refractivity contribution < 1.29 is 22.7 Å². The zero-order chi connectivity index (χ0) is 27.7. The van der Waals surface area contributed by atoms with Crippen LogP contribution in [0, 0.1) is 4.91 Å². The second kappa shape index (κ2) is 13.8. The van der Waals surface area contributed by atoms with Crippen LogP contribution < -0.4 is 10.0 Å². The molecule has 0 aliphatic rings. The summed E-state index contributed by atoms with van der Waals surface area (Å²) in [6.45, 7) is 3.86. The highest BCUT2D eigenvalue weighted by atomic mass is 35.5. The van der Waals surface area contributed by atoms with Gasteiger partial charge in [0, 0.05) is 24.8 Å². The van der Waals surface area contributed by atoms with Gasteiger partial charge in [0.2, 0.25) is 0 Å². The van der Waals surface area contributed by atoms with Crippen molar-refractivity contribution in [2.75, 3.05) is 19.7 Å². The molecule has 1 amide bonds. The first-order valence-electron chi connectivity index (χ1n) is 12.1. The van der Waals surface area contributed by atoms with Gasteiger partial charge in [-0.1, -0.05) is 67.1 Å². The predicted molar refractivity (Wildman–Crippen MR) is 147 cm³/mol. The first-order chi connectivity index (χ1) is 18.1. The Morgan fingerprint density at radius 3 is 2.50 bits per heavy atom. The van der Waals surface area contributed by atoms with E-state index in [4.69, 9.17) is 16.3 Å². The Balaban J connectivity index is 1.69. The molecule has 5 nitrogen and oxygen atoms in total. The number of nitroso groups, excluding NO2 is 1. The minimum absolute atomic E-state index is 0.0954. The third kappa shape index (κ3) is 8.90. The third-order valence-electron chi connectivity index (χ3n) is 6.06. The van der Waals surface area contributed by atoms with Gasteiger partial charge >= 0.3 is 6.18 Å². The lowest BCUT2D eigenvalue weighted by Crippen LogP contribution is -2.30. The molecule has 0 saturated carbocycles. The fraction of sp³-hybridized carbons (Fsp3) is 0.321. The van der Waals surface area contributed by atoms with Crippen molar-refractivity contribution in [3.63, 3.8) is 0 Å². The number of amides is 1. The fourth-order valence-electron chi connectivity index (χ4n) is 4.14. The van der Waals surface area contributed by atoms with Crippen molar-refractivity contribution in [2.24, 2.45) is 5.18 Å². The number of halogens is 4. The predicted octanol–water partition coefficient (Wildman–Crippen LogP) is 6.77. The summed E-state index contributed by atoms with van der Waals surface area (Å²) in [5.41, 5.74) is 1.32. The molecular formula is C28H29ClF3N2O3P. The molecule has 38 heavy (non-hydrogen) atoms. The van der Waals surface area contributed by atoms with Crippen LogP contribution in [0.2, 0.25) is 5.02 Å². The van der Waals surface area contributed by atoms with Crippen molar-refractivity contribution in [2.45, 2.75) is 38.4 Å². The van der Waals surface area contributed by atoms with Crippen molar-refractivity contribution >= 4 is 32.1 Å². The number of alkyl halides is 3. The van der Waals surface area contributed by atoms with E-state index in [9.17, 15) is 22.9 Å². The van der Waals surface area contributed by atoms with E-state index >= 15 is 0 Å². The molecule has 0 N–H and O–H groups in total. The summed E-state index contributed by atoms with van der Waals surface area (Å²) < 4.78 is 46.0.